The Labute approximate surface area is 154 Å². The van der Waals surface area contributed by atoms with E-state index >= 15 is 0 Å². The van der Waals surface area contributed by atoms with Gasteiger partial charge in [-0.25, -0.2) is 4.98 Å². The lowest BCUT2D eigenvalue weighted by atomic mass is 10.2. The molecule has 1 aromatic heterocycles. The van der Waals surface area contributed by atoms with Crippen molar-refractivity contribution in [2.24, 2.45) is 10.9 Å². The molecule has 0 amide bonds. The van der Waals surface area contributed by atoms with Crippen LogP contribution in [-0.4, -0.2) is 52.3 Å². The van der Waals surface area contributed by atoms with Crippen molar-refractivity contribution in [3.05, 3.63) is 49.1 Å². The first-order valence-electron chi connectivity index (χ1n) is 9.02. The molecule has 1 unspecified atom stereocenters. The first-order valence-corrected chi connectivity index (χ1v) is 10.0. The molecule has 1 fully saturated rings. The highest BCUT2D eigenvalue weighted by atomic mass is 32.2. The molecule has 134 valence electrons. The number of imidazole rings is 1. The summed E-state index contributed by atoms with van der Waals surface area (Å²) in [5, 5.41) is 3.44. The van der Waals surface area contributed by atoms with Crippen molar-refractivity contribution in [1.29, 1.82) is 0 Å². The number of hydrogen-bond acceptors (Lipinski definition) is 3. The minimum Gasteiger partial charge on any atom is -0.357 e. The summed E-state index contributed by atoms with van der Waals surface area (Å²) in [6, 6.07) is 10.7. The third-order valence-electron chi connectivity index (χ3n) is 4.33. The fraction of sp³-hybridized carbons (Fsp3) is 0.474. The molecule has 1 aliphatic heterocycles. The van der Waals surface area contributed by atoms with Crippen LogP contribution in [0.2, 0.25) is 0 Å². The molecule has 3 rings (SSSR count). The summed E-state index contributed by atoms with van der Waals surface area (Å²) in [4.78, 5) is 12.6. The van der Waals surface area contributed by atoms with E-state index in [0.29, 0.717) is 0 Å². The average Bonchev–Trinajstić information content (AvgIpc) is 3.32. The molecule has 1 saturated heterocycles. The highest BCUT2D eigenvalue weighted by Gasteiger charge is 2.24. The van der Waals surface area contributed by atoms with E-state index in [0.717, 1.165) is 44.6 Å². The molecule has 1 atom stereocenters. The number of aromatic nitrogens is 2. The molecule has 0 radical (unpaired) electrons. The topological polar surface area (TPSA) is 45.5 Å². The monoisotopic (exact) mass is 357 g/mol. The highest BCUT2D eigenvalue weighted by Crippen LogP contribution is 2.25. The third-order valence-corrected chi connectivity index (χ3v) is 5.57. The van der Waals surface area contributed by atoms with Crippen LogP contribution in [-0.2, 0) is 6.54 Å². The van der Waals surface area contributed by atoms with Crippen LogP contribution >= 0.6 is 11.8 Å². The number of nitrogens with zero attached hydrogens (tertiary/aromatic N) is 4. The number of rotatable bonds is 7. The van der Waals surface area contributed by atoms with E-state index in [-0.39, 0.29) is 0 Å². The normalized spacial score (nSPS) is 17.9. The molecular weight excluding hydrogens is 330 g/mol. The SMILES string of the molecule is CCNC(=NCCn1ccnc1)N1CCC(CSc2ccccc2)C1. The summed E-state index contributed by atoms with van der Waals surface area (Å²) >= 11 is 1.96. The van der Waals surface area contributed by atoms with Crippen LogP contribution in [0.25, 0.3) is 0 Å². The van der Waals surface area contributed by atoms with E-state index in [1.807, 2.05) is 30.5 Å². The number of benzene rings is 1. The first kappa shape index (κ1) is 17.9. The lowest BCUT2D eigenvalue weighted by Crippen LogP contribution is -2.40. The molecule has 0 aliphatic carbocycles. The molecule has 0 saturated carbocycles. The molecular formula is C19H27N5S. The van der Waals surface area contributed by atoms with Gasteiger partial charge in [-0.1, -0.05) is 18.2 Å². The van der Waals surface area contributed by atoms with Crippen LogP contribution in [0, 0.1) is 5.92 Å². The van der Waals surface area contributed by atoms with Crippen molar-refractivity contribution in [3.63, 3.8) is 0 Å². The van der Waals surface area contributed by atoms with E-state index in [1.54, 1.807) is 0 Å². The number of hydrogen-bond donors (Lipinski definition) is 1. The Hall–Kier alpha value is -1.95. The highest BCUT2D eigenvalue weighted by molar-refractivity contribution is 7.99. The fourth-order valence-electron chi connectivity index (χ4n) is 3.01. The Morgan fingerprint density at radius 2 is 2.24 bits per heavy atom. The number of likely N-dealkylation sites (tertiary alicyclic amines) is 1. The van der Waals surface area contributed by atoms with E-state index in [1.165, 1.54) is 17.1 Å². The second-order valence-electron chi connectivity index (χ2n) is 6.26. The van der Waals surface area contributed by atoms with E-state index in [4.69, 9.17) is 4.99 Å². The summed E-state index contributed by atoms with van der Waals surface area (Å²) < 4.78 is 2.07. The molecule has 6 heteroatoms. The van der Waals surface area contributed by atoms with Crippen LogP contribution in [0.15, 0.2) is 58.9 Å². The van der Waals surface area contributed by atoms with Crippen molar-refractivity contribution < 1.29 is 0 Å². The van der Waals surface area contributed by atoms with E-state index in [2.05, 4.69) is 57.0 Å². The molecule has 0 bridgehead atoms. The maximum absolute atomic E-state index is 4.80. The van der Waals surface area contributed by atoms with Gasteiger partial charge in [-0.3, -0.25) is 4.99 Å². The fourth-order valence-corrected chi connectivity index (χ4v) is 4.06. The maximum Gasteiger partial charge on any atom is 0.193 e. The zero-order valence-electron chi connectivity index (χ0n) is 14.8. The minimum atomic E-state index is 0.725. The number of thioether (sulfide) groups is 1. The summed E-state index contributed by atoms with van der Waals surface area (Å²) in [6.07, 6.45) is 6.88. The van der Waals surface area contributed by atoms with Gasteiger partial charge >= 0.3 is 0 Å². The summed E-state index contributed by atoms with van der Waals surface area (Å²) in [5.41, 5.74) is 0. The molecule has 1 aliphatic rings. The Morgan fingerprint density at radius 3 is 3.00 bits per heavy atom. The minimum absolute atomic E-state index is 0.725. The molecule has 2 heterocycles. The standard InChI is InChI=1S/C19H27N5S/c1-2-21-19(22-10-13-23-12-9-20-16-23)24-11-8-17(14-24)15-25-18-6-4-3-5-7-18/h3-7,9,12,16-17H,2,8,10-11,13-15H2,1H3,(H,21,22). The van der Waals surface area contributed by atoms with Crippen molar-refractivity contribution >= 4 is 17.7 Å². The predicted octanol–water partition coefficient (Wildman–Crippen LogP) is 2.96. The van der Waals surface area contributed by atoms with Crippen molar-refractivity contribution in [3.8, 4) is 0 Å². The van der Waals surface area contributed by atoms with Crippen LogP contribution in [0.4, 0.5) is 0 Å². The summed E-state index contributed by atoms with van der Waals surface area (Å²) in [5.74, 6) is 2.95. The smallest absolute Gasteiger partial charge is 0.193 e. The van der Waals surface area contributed by atoms with Crippen LogP contribution in [0.5, 0.6) is 0 Å². The molecule has 5 nitrogen and oxygen atoms in total. The van der Waals surface area contributed by atoms with Crippen LogP contribution in [0.1, 0.15) is 13.3 Å². The zero-order valence-corrected chi connectivity index (χ0v) is 15.7. The van der Waals surface area contributed by atoms with Crippen molar-refractivity contribution in [1.82, 2.24) is 19.8 Å². The van der Waals surface area contributed by atoms with Crippen LogP contribution < -0.4 is 5.32 Å². The van der Waals surface area contributed by atoms with Gasteiger partial charge in [0.2, 0.25) is 0 Å². The average molecular weight is 358 g/mol. The summed E-state index contributed by atoms with van der Waals surface area (Å²) in [7, 11) is 0. The lowest BCUT2D eigenvalue weighted by Gasteiger charge is -2.21. The van der Waals surface area contributed by atoms with Gasteiger partial charge in [0, 0.05) is 49.2 Å². The van der Waals surface area contributed by atoms with Gasteiger partial charge in [0.15, 0.2) is 5.96 Å². The van der Waals surface area contributed by atoms with Gasteiger partial charge < -0.3 is 14.8 Å². The number of guanidine groups is 1. The molecule has 0 spiro atoms. The first-order chi connectivity index (χ1) is 12.3. The third kappa shape index (κ3) is 5.53. The van der Waals surface area contributed by atoms with Crippen LogP contribution in [0.3, 0.4) is 0 Å². The molecule has 1 aromatic carbocycles. The van der Waals surface area contributed by atoms with Gasteiger partial charge in [-0.05, 0) is 31.4 Å². The molecule has 2 aromatic rings. The Balaban J connectivity index is 1.48. The largest absolute Gasteiger partial charge is 0.357 e. The van der Waals surface area contributed by atoms with Gasteiger partial charge in [0.25, 0.3) is 0 Å². The predicted molar refractivity (Wildman–Crippen MR) is 105 cm³/mol. The zero-order chi connectivity index (χ0) is 17.3. The van der Waals surface area contributed by atoms with Gasteiger partial charge in [-0.2, -0.15) is 0 Å². The Kier molecular flexibility index (Phi) is 6.79. The maximum atomic E-state index is 4.80. The second kappa shape index (κ2) is 9.51. The van der Waals surface area contributed by atoms with Gasteiger partial charge in [-0.15, -0.1) is 11.8 Å². The summed E-state index contributed by atoms with van der Waals surface area (Å²) in [6.45, 7) is 6.87. The van der Waals surface area contributed by atoms with Crippen molar-refractivity contribution in [2.45, 2.75) is 24.8 Å². The quantitative estimate of drug-likeness (QED) is 0.470. The molecule has 25 heavy (non-hydrogen) atoms. The second-order valence-corrected chi connectivity index (χ2v) is 7.35. The van der Waals surface area contributed by atoms with Gasteiger partial charge in [0.1, 0.15) is 0 Å². The number of aliphatic imine (C=N–C) groups is 1. The lowest BCUT2D eigenvalue weighted by molar-refractivity contribution is 0.473. The molecule has 1 N–H and O–H groups in total. The van der Waals surface area contributed by atoms with E-state index < -0.39 is 0 Å². The van der Waals surface area contributed by atoms with Crippen molar-refractivity contribution in [2.75, 3.05) is 31.9 Å². The number of nitrogens with one attached hydrogen (secondary N) is 1. The van der Waals surface area contributed by atoms with E-state index in [9.17, 15) is 0 Å². The van der Waals surface area contributed by atoms with Gasteiger partial charge in [0.05, 0.1) is 12.9 Å². The Bertz CT molecular complexity index is 641. The Morgan fingerprint density at radius 1 is 1.36 bits per heavy atom.